The molecule has 0 radical (unpaired) electrons. The molecule has 0 bridgehead atoms. The minimum absolute atomic E-state index is 0.234. The van der Waals surface area contributed by atoms with Gasteiger partial charge in [0.25, 0.3) is 0 Å². The fourth-order valence-corrected chi connectivity index (χ4v) is 4.09. The minimum atomic E-state index is -3.54. The maximum Gasteiger partial charge on any atom is 0.184 e. The van der Waals surface area contributed by atoms with Crippen molar-refractivity contribution in [1.29, 1.82) is 0 Å². The van der Waals surface area contributed by atoms with Crippen LogP contribution < -0.4 is 5.43 Å². The van der Waals surface area contributed by atoms with Gasteiger partial charge < -0.3 is 0 Å². The first-order valence-corrected chi connectivity index (χ1v) is 10.9. The Balaban J connectivity index is 1.93. The average molecular weight is 464 g/mol. The van der Waals surface area contributed by atoms with E-state index in [4.69, 9.17) is 11.6 Å². The van der Waals surface area contributed by atoms with E-state index in [2.05, 4.69) is 26.5 Å². The molecule has 0 saturated carbocycles. The highest BCUT2D eigenvalue weighted by Crippen LogP contribution is 2.17. The molecule has 0 fully saturated rings. The van der Waals surface area contributed by atoms with E-state index in [1.807, 2.05) is 24.3 Å². The average Bonchev–Trinajstić information content (AvgIpc) is 2.68. The molecule has 0 aliphatic carbocycles. The molecule has 0 aliphatic heterocycles. The molecule has 3 aromatic carbocycles. The first-order chi connectivity index (χ1) is 12.9. The second-order valence-corrected chi connectivity index (χ2v) is 9.10. The second-order valence-electron chi connectivity index (χ2n) is 5.76. The fourth-order valence-electron chi connectivity index (χ4n) is 2.37. The molecule has 0 amide bonds. The van der Waals surface area contributed by atoms with E-state index < -0.39 is 9.84 Å². The highest BCUT2D eigenvalue weighted by atomic mass is 79.9. The summed E-state index contributed by atoms with van der Waals surface area (Å²) < 4.78 is 26.5. The van der Waals surface area contributed by atoms with Gasteiger partial charge in [-0.25, -0.2) is 8.42 Å². The second kappa shape index (κ2) is 8.69. The van der Waals surface area contributed by atoms with Crippen molar-refractivity contribution in [3.63, 3.8) is 0 Å². The third-order valence-electron chi connectivity index (χ3n) is 3.77. The molecule has 0 aromatic heterocycles. The summed E-state index contributed by atoms with van der Waals surface area (Å²) in [7, 11) is -3.54. The van der Waals surface area contributed by atoms with Crippen molar-refractivity contribution < 1.29 is 8.42 Å². The summed E-state index contributed by atoms with van der Waals surface area (Å²) in [5.41, 5.74) is 4.77. The summed E-state index contributed by atoms with van der Waals surface area (Å²) in [4.78, 5) is 0.260. The lowest BCUT2D eigenvalue weighted by molar-refractivity contribution is 0.600. The van der Waals surface area contributed by atoms with Gasteiger partial charge in [0, 0.05) is 9.50 Å². The van der Waals surface area contributed by atoms with Crippen LogP contribution in [0.4, 0.5) is 5.69 Å². The molecule has 0 unspecified atom stereocenters. The van der Waals surface area contributed by atoms with E-state index in [0.29, 0.717) is 16.3 Å². The smallest absolute Gasteiger partial charge is 0.184 e. The number of anilines is 1. The van der Waals surface area contributed by atoms with Crippen molar-refractivity contribution in [2.75, 3.05) is 11.2 Å². The van der Waals surface area contributed by atoms with Crippen molar-refractivity contribution in [1.82, 2.24) is 0 Å². The van der Waals surface area contributed by atoms with Crippen LogP contribution in [-0.4, -0.2) is 19.9 Å². The van der Waals surface area contributed by atoms with Gasteiger partial charge in [-0.3, -0.25) is 5.43 Å². The Morgan fingerprint density at radius 3 is 2.19 bits per heavy atom. The van der Waals surface area contributed by atoms with Crippen molar-refractivity contribution in [3.8, 4) is 0 Å². The third kappa shape index (κ3) is 5.42. The van der Waals surface area contributed by atoms with Crippen LogP contribution in [-0.2, 0) is 9.84 Å². The van der Waals surface area contributed by atoms with Gasteiger partial charge in [-0.05, 0) is 54.1 Å². The standard InChI is InChI=1S/C20H16BrClN2O2S/c21-16-8-12-18(13-9-16)23-24-20(15-6-10-17(22)11-7-15)14-27(25,26)19-4-2-1-3-5-19/h1-13,23H,14H2/b24-20-. The number of sulfone groups is 1. The highest BCUT2D eigenvalue weighted by molar-refractivity contribution is 9.10. The third-order valence-corrected chi connectivity index (χ3v) is 6.20. The van der Waals surface area contributed by atoms with Gasteiger partial charge in [-0.15, -0.1) is 0 Å². The van der Waals surface area contributed by atoms with E-state index in [9.17, 15) is 8.42 Å². The Hall–Kier alpha value is -2.15. The largest absolute Gasteiger partial charge is 0.278 e. The van der Waals surface area contributed by atoms with Gasteiger partial charge in [0.05, 0.1) is 22.0 Å². The van der Waals surface area contributed by atoms with Crippen LogP contribution in [0.2, 0.25) is 5.02 Å². The normalized spacial score (nSPS) is 12.0. The van der Waals surface area contributed by atoms with E-state index in [1.165, 1.54) is 0 Å². The molecule has 4 nitrogen and oxygen atoms in total. The fraction of sp³-hybridized carbons (Fsp3) is 0.0500. The highest BCUT2D eigenvalue weighted by Gasteiger charge is 2.19. The number of hydrazone groups is 1. The summed E-state index contributed by atoms with van der Waals surface area (Å²) in [6.07, 6.45) is 0. The molecule has 7 heteroatoms. The molecular weight excluding hydrogens is 448 g/mol. The number of benzene rings is 3. The predicted octanol–water partition coefficient (Wildman–Crippen LogP) is 5.39. The zero-order chi connectivity index (χ0) is 19.3. The lowest BCUT2D eigenvalue weighted by Gasteiger charge is -2.10. The Labute approximate surface area is 171 Å². The van der Waals surface area contributed by atoms with Gasteiger partial charge in [0.15, 0.2) is 9.84 Å². The van der Waals surface area contributed by atoms with Crippen LogP contribution in [0.5, 0.6) is 0 Å². The molecule has 0 saturated heterocycles. The van der Waals surface area contributed by atoms with E-state index in [0.717, 1.165) is 10.2 Å². The van der Waals surface area contributed by atoms with Crippen LogP contribution in [0, 0.1) is 0 Å². The Morgan fingerprint density at radius 1 is 0.926 bits per heavy atom. The number of nitrogens with zero attached hydrogens (tertiary/aromatic N) is 1. The summed E-state index contributed by atoms with van der Waals surface area (Å²) in [5.74, 6) is -0.234. The van der Waals surface area contributed by atoms with E-state index in [1.54, 1.807) is 54.6 Å². The van der Waals surface area contributed by atoms with Crippen molar-refractivity contribution in [2.45, 2.75) is 4.90 Å². The zero-order valence-electron chi connectivity index (χ0n) is 14.1. The van der Waals surface area contributed by atoms with Crippen LogP contribution in [0.3, 0.4) is 0 Å². The minimum Gasteiger partial charge on any atom is -0.278 e. The molecule has 0 heterocycles. The SMILES string of the molecule is O=S(=O)(C/C(=N/Nc1ccc(Br)cc1)c1ccc(Cl)cc1)c1ccccc1. The molecular formula is C20H16BrClN2O2S. The lowest BCUT2D eigenvalue weighted by Crippen LogP contribution is -2.18. The van der Waals surface area contributed by atoms with Gasteiger partial charge in [-0.1, -0.05) is 57.9 Å². The van der Waals surface area contributed by atoms with Crippen molar-refractivity contribution in [2.24, 2.45) is 5.10 Å². The van der Waals surface area contributed by atoms with Crippen molar-refractivity contribution >= 4 is 48.8 Å². The molecule has 1 N–H and O–H groups in total. The molecule has 27 heavy (non-hydrogen) atoms. The quantitative estimate of drug-likeness (QED) is 0.394. The van der Waals surface area contributed by atoms with Crippen molar-refractivity contribution in [3.05, 3.63) is 93.9 Å². The molecule has 138 valence electrons. The molecule has 0 aliphatic rings. The van der Waals surface area contributed by atoms with Crippen LogP contribution in [0.15, 0.2) is 93.3 Å². The maximum absolute atomic E-state index is 12.8. The number of hydrogen-bond donors (Lipinski definition) is 1. The monoisotopic (exact) mass is 462 g/mol. The number of halogens is 2. The maximum atomic E-state index is 12.8. The van der Waals surface area contributed by atoms with E-state index >= 15 is 0 Å². The van der Waals surface area contributed by atoms with Gasteiger partial charge in [0.2, 0.25) is 0 Å². The molecule has 0 spiro atoms. The Morgan fingerprint density at radius 2 is 1.56 bits per heavy atom. The van der Waals surface area contributed by atoms with Gasteiger partial charge in [-0.2, -0.15) is 5.10 Å². The molecule has 3 rings (SSSR count). The topological polar surface area (TPSA) is 58.5 Å². The van der Waals surface area contributed by atoms with E-state index in [-0.39, 0.29) is 10.6 Å². The summed E-state index contributed by atoms with van der Waals surface area (Å²) in [6.45, 7) is 0. The first kappa shape index (κ1) is 19.6. The van der Waals surface area contributed by atoms with Gasteiger partial charge in [0.1, 0.15) is 0 Å². The first-order valence-electron chi connectivity index (χ1n) is 8.06. The molecule has 3 aromatic rings. The summed E-state index contributed by atoms with van der Waals surface area (Å²) in [5, 5.41) is 4.94. The zero-order valence-corrected chi connectivity index (χ0v) is 17.3. The number of hydrogen-bond acceptors (Lipinski definition) is 4. The summed E-state index contributed by atoms with van der Waals surface area (Å²) >= 11 is 9.33. The number of nitrogens with one attached hydrogen (secondary N) is 1. The van der Waals surface area contributed by atoms with Crippen LogP contribution in [0.1, 0.15) is 5.56 Å². The Bertz CT molecular complexity index is 1040. The van der Waals surface area contributed by atoms with Crippen LogP contribution in [0.25, 0.3) is 0 Å². The lowest BCUT2D eigenvalue weighted by atomic mass is 10.1. The number of rotatable bonds is 6. The van der Waals surface area contributed by atoms with Gasteiger partial charge >= 0.3 is 0 Å². The Kier molecular flexibility index (Phi) is 6.31. The predicted molar refractivity (Wildman–Crippen MR) is 114 cm³/mol. The van der Waals surface area contributed by atoms with Crippen LogP contribution >= 0.6 is 27.5 Å². The summed E-state index contributed by atoms with van der Waals surface area (Å²) in [6, 6.07) is 22.7. The molecule has 0 atom stereocenters.